The second-order valence-corrected chi connectivity index (χ2v) is 5.33. The van der Waals surface area contributed by atoms with Crippen LogP contribution in [0.1, 0.15) is 30.1 Å². The molecule has 5 heteroatoms. The van der Waals surface area contributed by atoms with Crippen LogP contribution >= 0.6 is 34.2 Å². The molecule has 0 aliphatic rings. The zero-order valence-electron chi connectivity index (χ0n) is 9.54. The number of aliphatic hydroxyl groups excluding tert-OH is 1. The molecule has 0 radical (unpaired) electrons. The van der Waals surface area contributed by atoms with Crippen LogP contribution in [-0.4, -0.2) is 23.7 Å². The summed E-state index contributed by atoms with van der Waals surface area (Å²) in [7, 11) is 0. The molecule has 2 N–H and O–H groups in total. The number of aliphatic hydroxyl groups is 1. The first-order valence-electron chi connectivity index (χ1n) is 5.46. The topological polar surface area (TPSA) is 49.3 Å². The Morgan fingerprint density at radius 3 is 2.94 bits per heavy atom. The molecule has 0 bridgehead atoms. The van der Waals surface area contributed by atoms with Crippen LogP contribution < -0.4 is 5.32 Å². The molecule has 17 heavy (non-hydrogen) atoms. The van der Waals surface area contributed by atoms with Gasteiger partial charge in [-0.25, -0.2) is 0 Å². The van der Waals surface area contributed by atoms with Crippen LogP contribution in [0.4, 0.5) is 0 Å². The molecule has 1 aromatic rings. The normalized spacial score (nSPS) is 12.2. The first kappa shape index (κ1) is 14.7. The van der Waals surface area contributed by atoms with E-state index in [1.807, 2.05) is 6.92 Å². The standard InChI is InChI=1S/C12H15ClINO2/c1-2-9(16)5-6-15-12(17)10-7-8(13)3-4-11(10)14/h3-4,7,9,16H,2,5-6H2,1H3,(H,15,17). The summed E-state index contributed by atoms with van der Waals surface area (Å²) in [4.78, 5) is 11.8. The highest BCUT2D eigenvalue weighted by molar-refractivity contribution is 14.1. The van der Waals surface area contributed by atoms with Gasteiger partial charge in [-0.2, -0.15) is 0 Å². The van der Waals surface area contributed by atoms with E-state index >= 15 is 0 Å². The van der Waals surface area contributed by atoms with E-state index in [0.29, 0.717) is 30.0 Å². The molecule has 1 unspecified atom stereocenters. The third-order valence-electron chi connectivity index (χ3n) is 2.41. The molecular weight excluding hydrogens is 352 g/mol. The van der Waals surface area contributed by atoms with Crippen LogP contribution in [0.5, 0.6) is 0 Å². The third kappa shape index (κ3) is 4.81. The van der Waals surface area contributed by atoms with Gasteiger partial charge in [-0.1, -0.05) is 18.5 Å². The Labute approximate surface area is 120 Å². The predicted octanol–water partition coefficient (Wildman–Crippen LogP) is 2.84. The molecule has 0 aliphatic heterocycles. The molecule has 3 nitrogen and oxygen atoms in total. The van der Waals surface area contributed by atoms with Crippen LogP contribution in [0.3, 0.4) is 0 Å². The number of rotatable bonds is 5. The number of amides is 1. The number of carbonyl (C=O) groups is 1. The number of halogens is 2. The minimum atomic E-state index is -0.353. The molecular formula is C12H15ClINO2. The van der Waals surface area contributed by atoms with Crippen molar-refractivity contribution in [1.29, 1.82) is 0 Å². The molecule has 1 aromatic carbocycles. The zero-order valence-corrected chi connectivity index (χ0v) is 12.5. The van der Waals surface area contributed by atoms with Crippen molar-refractivity contribution in [1.82, 2.24) is 5.32 Å². The quantitative estimate of drug-likeness (QED) is 0.786. The molecule has 0 saturated heterocycles. The van der Waals surface area contributed by atoms with E-state index in [1.54, 1.807) is 18.2 Å². The molecule has 1 rings (SSSR count). The van der Waals surface area contributed by atoms with Gasteiger partial charge >= 0.3 is 0 Å². The van der Waals surface area contributed by atoms with Gasteiger partial charge in [-0.15, -0.1) is 0 Å². The Hall–Kier alpha value is -0.330. The lowest BCUT2D eigenvalue weighted by Crippen LogP contribution is -2.27. The summed E-state index contributed by atoms with van der Waals surface area (Å²) >= 11 is 7.94. The summed E-state index contributed by atoms with van der Waals surface area (Å²) in [5.41, 5.74) is 0.573. The lowest BCUT2D eigenvalue weighted by Gasteiger charge is -2.10. The smallest absolute Gasteiger partial charge is 0.252 e. The second kappa shape index (κ2) is 7.18. The minimum Gasteiger partial charge on any atom is -0.393 e. The van der Waals surface area contributed by atoms with Gasteiger partial charge in [-0.3, -0.25) is 4.79 Å². The highest BCUT2D eigenvalue weighted by Gasteiger charge is 2.10. The first-order chi connectivity index (χ1) is 8.04. The van der Waals surface area contributed by atoms with E-state index in [9.17, 15) is 9.90 Å². The van der Waals surface area contributed by atoms with Crippen LogP contribution in [-0.2, 0) is 0 Å². The largest absolute Gasteiger partial charge is 0.393 e. The summed E-state index contributed by atoms with van der Waals surface area (Å²) in [5.74, 6) is -0.153. The Morgan fingerprint density at radius 1 is 1.59 bits per heavy atom. The molecule has 1 amide bonds. The van der Waals surface area contributed by atoms with E-state index in [1.165, 1.54) is 0 Å². The molecule has 0 heterocycles. The van der Waals surface area contributed by atoms with Gasteiger partial charge in [0.05, 0.1) is 11.7 Å². The van der Waals surface area contributed by atoms with Crippen molar-refractivity contribution in [3.8, 4) is 0 Å². The van der Waals surface area contributed by atoms with E-state index in [4.69, 9.17) is 11.6 Å². The van der Waals surface area contributed by atoms with Gasteiger partial charge < -0.3 is 10.4 Å². The summed E-state index contributed by atoms with van der Waals surface area (Å²) in [6.45, 7) is 2.38. The SMILES string of the molecule is CCC(O)CCNC(=O)c1cc(Cl)ccc1I. The van der Waals surface area contributed by atoms with Crippen molar-refractivity contribution in [2.24, 2.45) is 0 Å². The van der Waals surface area contributed by atoms with E-state index in [-0.39, 0.29) is 12.0 Å². The average Bonchev–Trinajstić information content (AvgIpc) is 2.31. The first-order valence-corrected chi connectivity index (χ1v) is 6.91. The summed E-state index contributed by atoms with van der Waals surface area (Å²) in [6, 6.07) is 5.20. The van der Waals surface area contributed by atoms with Crippen molar-refractivity contribution in [3.05, 3.63) is 32.4 Å². The number of benzene rings is 1. The van der Waals surface area contributed by atoms with Crippen molar-refractivity contribution >= 4 is 40.1 Å². The maximum atomic E-state index is 11.8. The minimum absolute atomic E-state index is 0.153. The molecule has 0 saturated carbocycles. The fourth-order valence-corrected chi connectivity index (χ4v) is 2.08. The molecule has 0 fully saturated rings. The highest BCUT2D eigenvalue weighted by Crippen LogP contribution is 2.17. The van der Waals surface area contributed by atoms with Gasteiger partial charge in [0.2, 0.25) is 0 Å². The maximum Gasteiger partial charge on any atom is 0.252 e. The number of carbonyl (C=O) groups excluding carboxylic acids is 1. The molecule has 0 aliphatic carbocycles. The average molecular weight is 368 g/mol. The van der Waals surface area contributed by atoms with E-state index in [0.717, 1.165) is 3.57 Å². The van der Waals surface area contributed by atoms with Gasteiger partial charge in [-0.05, 0) is 53.6 Å². The molecule has 1 atom stereocenters. The Balaban J connectivity index is 2.55. The molecule has 94 valence electrons. The van der Waals surface area contributed by atoms with E-state index in [2.05, 4.69) is 27.9 Å². The number of nitrogens with one attached hydrogen (secondary N) is 1. The Morgan fingerprint density at radius 2 is 2.29 bits per heavy atom. The Bertz CT molecular complexity index is 398. The van der Waals surface area contributed by atoms with Gasteiger partial charge in [0.1, 0.15) is 0 Å². The molecule has 0 spiro atoms. The monoisotopic (exact) mass is 367 g/mol. The van der Waals surface area contributed by atoms with Crippen molar-refractivity contribution < 1.29 is 9.90 Å². The fraction of sp³-hybridized carbons (Fsp3) is 0.417. The second-order valence-electron chi connectivity index (χ2n) is 3.73. The summed E-state index contributed by atoms with van der Waals surface area (Å²) in [5, 5.41) is 12.7. The van der Waals surface area contributed by atoms with Crippen molar-refractivity contribution in [3.63, 3.8) is 0 Å². The van der Waals surface area contributed by atoms with Gasteiger partial charge in [0.15, 0.2) is 0 Å². The summed E-state index contributed by atoms with van der Waals surface area (Å²) < 4.78 is 0.862. The molecule has 0 aromatic heterocycles. The van der Waals surface area contributed by atoms with Crippen molar-refractivity contribution in [2.45, 2.75) is 25.9 Å². The van der Waals surface area contributed by atoms with Crippen LogP contribution in [0.15, 0.2) is 18.2 Å². The predicted molar refractivity (Wildman–Crippen MR) is 77.4 cm³/mol. The lowest BCUT2D eigenvalue weighted by molar-refractivity contribution is 0.0941. The highest BCUT2D eigenvalue weighted by atomic mass is 127. The maximum absolute atomic E-state index is 11.8. The van der Waals surface area contributed by atoms with Crippen LogP contribution in [0, 0.1) is 3.57 Å². The third-order valence-corrected chi connectivity index (χ3v) is 3.58. The zero-order chi connectivity index (χ0) is 12.8. The van der Waals surface area contributed by atoms with Crippen LogP contribution in [0.25, 0.3) is 0 Å². The van der Waals surface area contributed by atoms with Gasteiger partial charge in [0.25, 0.3) is 5.91 Å². The van der Waals surface area contributed by atoms with Crippen molar-refractivity contribution in [2.75, 3.05) is 6.54 Å². The number of hydrogen-bond donors (Lipinski definition) is 2. The lowest BCUT2D eigenvalue weighted by atomic mass is 10.2. The van der Waals surface area contributed by atoms with Gasteiger partial charge in [0, 0.05) is 15.1 Å². The summed E-state index contributed by atoms with van der Waals surface area (Å²) in [6.07, 6.45) is 0.915. The fourth-order valence-electron chi connectivity index (χ4n) is 1.32. The van der Waals surface area contributed by atoms with Crippen LogP contribution in [0.2, 0.25) is 5.02 Å². The Kier molecular flexibility index (Phi) is 6.22. The van der Waals surface area contributed by atoms with E-state index < -0.39 is 0 Å². The number of hydrogen-bond acceptors (Lipinski definition) is 2.